The van der Waals surface area contributed by atoms with Crippen molar-refractivity contribution in [1.29, 1.82) is 0 Å². The number of hydrogen-bond donors (Lipinski definition) is 6. The summed E-state index contributed by atoms with van der Waals surface area (Å²) in [6.07, 6.45) is 0. The number of phenolic OH excluding ortho intramolecular Hbond substituents is 2. The van der Waals surface area contributed by atoms with Gasteiger partial charge in [0.15, 0.2) is 5.75 Å². The summed E-state index contributed by atoms with van der Waals surface area (Å²) in [5, 5.41) is 38.7. The smallest absolute Gasteiger partial charge is 0.296 e. The predicted octanol–water partition coefficient (Wildman–Crippen LogP) is 6.71. The van der Waals surface area contributed by atoms with Crippen molar-refractivity contribution >= 4 is 91.1 Å². The first-order valence-electron chi connectivity index (χ1n) is 13.6. The van der Waals surface area contributed by atoms with Crippen molar-refractivity contribution in [3.05, 3.63) is 84.9 Å². The second-order valence-electron chi connectivity index (χ2n) is 10.5. The maximum atomic E-state index is 12.3. The fraction of sp³-hybridized carbons (Fsp3) is 0. The van der Waals surface area contributed by atoms with Crippen molar-refractivity contribution in [2.24, 2.45) is 20.5 Å². The van der Waals surface area contributed by atoms with Gasteiger partial charge < -0.3 is 15.9 Å². The van der Waals surface area contributed by atoms with E-state index in [1.54, 1.807) is 0 Å². The fourth-order valence-electron chi connectivity index (χ4n) is 5.10. The van der Waals surface area contributed by atoms with Crippen LogP contribution in [0.1, 0.15) is 0 Å². The first kappa shape index (κ1) is 33.3. The third-order valence-corrected chi connectivity index (χ3v) is 9.87. The highest BCUT2D eigenvalue weighted by Crippen LogP contribution is 2.43. The molecule has 7 N–H and O–H groups in total. The zero-order valence-corrected chi connectivity index (χ0v) is 26.8. The van der Waals surface area contributed by atoms with Gasteiger partial charge in [-0.05, 0) is 71.4 Å². The van der Waals surface area contributed by atoms with E-state index in [0.29, 0.717) is 0 Å². The molecule has 0 aliphatic rings. The summed E-state index contributed by atoms with van der Waals surface area (Å²) in [7, 11) is -14.3. The van der Waals surface area contributed by atoms with Gasteiger partial charge in [0.2, 0.25) is 0 Å². The fourth-order valence-corrected chi connectivity index (χ4v) is 6.80. The van der Waals surface area contributed by atoms with E-state index in [4.69, 9.17) is 5.73 Å². The number of hydrogen-bond acceptors (Lipinski definition) is 13. The van der Waals surface area contributed by atoms with E-state index in [1.165, 1.54) is 54.6 Å². The SMILES string of the molecule is Nc1ccc2c(O)c(N=Nc3ccc(N=Nc4cccc5cc(S(=O)(=O)O)cc(O)c45)c4ccc(S(=O)(=O)O)cc34)c(S(=O)(=O)O)cc2c1. The summed E-state index contributed by atoms with van der Waals surface area (Å²) in [6.45, 7) is 0. The quantitative estimate of drug-likeness (QED) is 0.0569. The summed E-state index contributed by atoms with van der Waals surface area (Å²) in [4.78, 5) is -1.87. The largest absolute Gasteiger partial charge is 0.507 e. The molecule has 6 aromatic rings. The van der Waals surface area contributed by atoms with Crippen molar-refractivity contribution < 1.29 is 49.1 Å². The lowest BCUT2D eigenvalue weighted by Gasteiger charge is -2.10. The Morgan fingerprint density at radius 3 is 1.84 bits per heavy atom. The van der Waals surface area contributed by atoms with E-state index in [9.17, 15) is 49.1 Å². The molecule has 0 aliphatic carbocycles. The lowest BCUT2D eigenvalue weighted by Crippen LogP contribution is -1.99. The minimum atomic E-state index is -4.96. The molecule has 16 nitrogen and oxygen atoms in total. The number of anilines is 1. The molecule has 0 fully saturated rings. The van der Waals surface area contributed by atoms with Crippen LogP contribution in [0.3, 0.4) is 0 Å². The number of azo groups is 2. The number of fused-ring (bicyclic) bond motifs is 3. The lowest BCUT2D eigenvalue weighted by atomic mass is 10.1. The summed E-state index contributed by atoms with van der Waals surface area (Å²) < 4.78 is 101. The molecule has 0 saturated carbocycles. The second-order valence-corrected chi connectivity index (χ2v) is 14.7. The third kappa shape index (κ3) is 6.48. The van der Waals surface area contributed by atoms with Crippen molar-refractivity contribution in [3.8, 4) is 11.5 Å². The Labute approximate surface area is 276 Å². The van der Waals surface area contributed by atoms with E-state index in [2.05, 4.69) is 20.5 Å². The molecule has 250 valence electrons. The molecule has 0 aromatic heterocycles. The third-order valence-electron chi connectivity index (χ3n) is 7.32. The standard InChI is InChI=1S/C30H21N5O11S3/c31-17-4-6-20-16(10-17)12-27(49(44,45)46)29(30(20)37)35-33-24-9-8-23(21-7-5-18(13-22(21)24)47(38,39)40)32-34-25-3-1-2-15-11-19(48(41,42)43)14-26(36)28(15)25/h1-14,36-37H,31H2,(H,38,39,40)(H,41,42,43)(H,44,45,46). The number of nitrogens with zero attached hydrogens (tertiary/aromatic N) is 4. The van der Waals surface area contributed by atoms with Crippen LogP contribution in [0.5, 0.6) is 11.5 Å². The topological polar surface area (TPSA) is 279 Å². The summed E-state index contributed by atoms with van der Waals surface area (Å²) in [6, 6.07) is 17.8. The molecule has 0 amide bonds. The maximum absolute atomic E-state index is 12.3. The molecule has 0 spiro atoms. The number of aromatic hydroxyl groups is 2. The molecule has 0 saturated heterocycles. The van der Waals surface area contributed by atoms with E-state index < -0.39 is 62.2 Å². The maximum Gasteiger partial charge on any atom is 0.296 e. The van der Waals surface area contributed by atoms with Crippen LogP contribution in [0.25, 0.3) is 32.3 Å². The average Bonchev–Trinajstić information content (AvgIpc) is 3.01. The molecule has 6 rings (SSSR count). The molecular weight excluding hydrogens is 703 g/mol. The predicted molar refractivity (Wildman–Crippen MR) is 177 cm³/mol. The molecular formula is C30H21N5O11S3. The van der Waals surface area contributed by atoms with Gasteiger partial charge in [-0.2, -0.15) is 25.3 Å². The minimum absolute atomic E-state index is 0.0235. The van der Waals surface area contributed by atoms with Gasteiger partial charge in [-0.3, -0.25) is 13.7 Å². The molecule has 49 heavy (non-hydrogen) atoms. The van der Waals surface area contributed by atoms with Gasteiger partial charge in [0, 0.05) is 27.9 Å². The summed E-state index contributed by atoms with van der Waals surface area (Å²) in [5.74, 6) is -1.16. The van der Waals surface area contributed by atoms with Crippen molar-refractivity contribution in [1.82, 2.24) is 0 Å². The number of nitrogen functional groups attached to an aromatic ring is 1. The highest BCUT2D eigenvalue weighted by Gasteiger charge is 2.23. The van der Waals surface area contributed by atoms with Crippen molar-refractivity contribution in [2.45, 2.75) is 14.7 Å². The van der Waals surface area contributed by atoms with E-state index in [1.807, 2.05) is 0 Å². The van der Waals surface area contributed by atoms with E-state index in [0.717, 1.165) is 30.3 Å². The molecule has 6 aromatic carbocycles. The monoisotopic (exact) mass is 723 g/mol. The van der Waals surface area contributed by atoms with Crippen LogP contribution < -0.4 is 5.73 Å². The second kappa shape index (κ2) is 11.8. The van der Waals surface area contributed by atoms with Crippen LogP contribution in [0, 0.1) is 0 Å². The normalized spacial score (nSPS) is 13.0. The number of benzene rings is 6. The molecule has 0 atom stereocenters. The van der Waals surface area contributed by atoms with Gasteiger partial charge in [-0.15, -0.1) is 20.5 Å². The van der Waals surface area contributed by atoms with Crippen LogP contribution in [-0.4, -0.2) is 49.1 Å². The average molecular weight is 724 g/mol. The number of phenols is 2. The van der Waals surface area contributed by atoms with Gasteiger partial charge in [0.25, 0.3) is 30.4 Å². The van der Waals surface area contributed by atoms with Crippen LogP contribution in [0.15, 0.2) is 120 Å². The van der Waals surface area contributed by atoms with Crippen molar-refractivity contribution in [2.75, 3.05) is 5.73 Å². The Hall–Kier alpha value is -5.57. The zero-order valence-electron chi connectivity index (χ0n) is 24.4. The first-order chi connectivity index (χ1) is 22.9. The van der Waals surface area contributed by atoms with Crippen LogP contribution in [0.4, 0.5) is 28.4 Å². The lowest BCUT2D eigenvalue weighted by molar-refractivity contribution is 0.471. The van der Waals surface area contributed by atoms with Crippen LogP contribution in [-0.2, 0) is 30.4 Å². The Morgan fingerprint density at radius 1 is 0.531 bits per heavy atom. The Morgan fingerprint density at radius 2 is 1.16 bits per heavy atom. The van der Waals surface area contributed by atoms with Crippen LogP contribution in [0.2, 0.25) is 0 Å². The van der Waals surface area contributed by atoms with Gasteiger partial charge >= 0.3 is 0 Å². The molecule has 0 heterocycles. The minimum Gasteiger partial charge on any atom is -0.507 e. The number of nitrogens with two attached hydrogens (primary N) is 1. The molecule has 0 radical (unpaired) electrons. The Balaban J connectivity index is 1.51. The molecule has 0 aliphatic heterocycles. The van der Waals surface area contributed by atoms with E-state index >= 15 is 0 Å². The van der Waals surface area contributed by atoms with Crippen molar-refractivity contribution in [3.63, 3.8) is 0 Å². The molecule has 0 bridgehead atoms. The summed E-state index contributed by atoms with van der Waals surface area (Å²) in [5.41, 5.74) is 5.52. The van der Waals surface area contributed by atoms with Gasteiger partial charge in [0.1, 0.15) is 16.3 Å². The van der Waals surface area contributed by atoms with Gasteiger partial charge in [-0.1, -0.05) is 18.2 Å². The first-order valence-corrected chi connectivity index (χ1v) is 17.9. The van der Waals surface area contributed by atoms with Crippen LogP contribution >= 0.6 is 0 Å². The molecule has 0 unspecified atom stereocenters. The highest BCUT2D eigenvalue weighted by atomic mass is 32.2. The molecule has 19 heteroatoms. The Bertz CT molecular complexity index is 2790. The van der Waals surface area contributed by atoms with Gasteiger partial charge in [0.05, 0.1) is 32.2 Å². The highest BCUT2D eigenvalue weighted by molar-refractivity contribution is 7.86. The van der Waals surface area contributed by atoms with E-state index in [-0.39, 0.29) is 55.1 Å². The Kier molecular flexibility index (Phi) is 8.05. The number of rotatable bonds is 7. The zero-order chi connectivity index (χ0) is 35.5. The summed E-state index contributed by atoms with van der Waals surface area (Å²) >= 11 is 0. The van der Waals surface area contributed by atoms with Gasteiger partial charge in [-0.25, -0.2) is 0 Å².